The minimum Gasteiger partial charge on any atom is -0.472 e. The van der Waals surface area contributed by atoms with E-state index in [4.69, 9.17) is 18.9 Å². The summed E-state index contributed by atoms with van der Waals surface area (Å²) < 4.78 is 23.0. The van der Waals surface area contributed by atoms with Crippen molar-refractivity contribution in [1.29, 1.82) is 0 Å². The zero-order valence-electron chi connectivity index (χ0n) is 21.8. The van der Waals surface area contributed by atoms with Gasteiger partial charge in [-0.2, -0.15) is 0 Å². The largest absolute Gasteiger partial charge is 0.472 e. The highest BCUT2D eigenvalue weighted by Gasteiger charge is 2.53. The summed E-state index contributed by atoms with van der Waals surface area (Å²) >= 11 is 0. The number of ether oxygens (including phenoxy) is 4. The second-order valence-corrected chi connectivity index (χ2v) is 10.2. The second-order valence-electron chi connectivity index (χ2n) is 10.2. The first kappa shape index (κ1) is 30.3. The molecule has 11 heteroatoms. The minimum absolute atomic E-state index is 0.0668. The summed E-state index contributed by atoms with van der Waals surface area (Å²) in [6, 6.07) is 0. The maximum absolute atomic E-state index is 12.7. The highest BCUT2D eigenvalue weighted by molar-refractivity contribution is 5.95. The first-order chi connectivity index (χ1) is 18.1. The maximum Gasteiger partial charge on any atom is 0.205 e. The van der Waals surface area contributed by atoms with E-state index >= 15 is 0 Å². The Labute approximate surface area is 221 Å². The van der Waals surface area contributed by atoms with Crippen LogP contribution in [0, 0.1) is 17.8 Å². The van der Waals surface area contributed by atoms with E-state index in [1.54, 1.807) is 6.92 Å². The quantitative estimate of drug-likeness (QED) is 0.200. The van der Waals surface area contributed by atoms with E-state index in [9.17, 15) is 34.8 Å². The van der Waals surface area contributed by atoms with Crippen LogP contribution in [0.1, 0.15) is 40.0 Å². The molecule has 2 aliphatic heterocycles. The molecule has 1 saturated heterocycles. The van der Waals surface area contributed by atoms with Crippen LogP contribution in [0.3, 0.4) is 0 Å². The standard InChI is InChI=1S/C27H38O11/c1-14(7-8-28)5-4-6-15(2)18(31)13-35-19-9-16(3)21-22(19)17(10-29)12-36-26(21)38-27-25(34)24(33)23(32)20(11-30)37-27/h6-8,10,12,16,19-27,30,32-34H,4-5,9,11,13H2,1-3H3/b14-7-,15-6+/t16-,19-,20-,21-,22+,23-,24+,25-,26+,27+/m1/s1. The molecule has 0 aromatic rings. The van der Waals surface area contributed by atoms with Gasteiger partial charge in [-0.3, -0.25) is 14.4 Å². The fourth-order valence-corrected chi connectivity index (χ4v) is 5.30. The highest BCUT2D eigenvalue weighted by atomic mass is 16.8. The third-order valence-corrected chi connectivity index (χ3v) is 7.58. The number of aliphatic hydroxyl groups excluding tert-OH is 4. The lowest BCUT2D eigenvalue weighted by Crippen LogP contribution is -2.60. The molecule has 0 amide bonds. The summed E-state index contributed by atoms with van der Waals surface area (Å²) in [5, 5.41) is 39.9. The Morgan fingerprint density at radius 2 is 1.87 bits per heavy atom. The van der Waals surface area contributed by atoms with Gasteiger partial charge >= 0.3 is 0 Å². The topological polar surface area (TPSA) is 169 Å². The SMILES string of the molecule is C/C(=C/C=O)CC/C=C(\C)C(=O)CO[C@@H]1C[C@@H](C)[C@H]2[C@H](O[C@@H]3O[C@H](CO)[C@@H](O)[C@H](O)[C@H]3O)OC=C(C=O)[C@H]21. The third kappa shape index (κ3) is 6.84. The number of fused-ring (bicyclic) bond motifs is 1. The monoisotopic (exact) mass is 538 g/mol. The van der Waals surface area contributed by atoms with E-state index in [-0.39, 0.29) is 18.3 Å². The molecule has 1 aliphatic carbocycles. The van der Waals surface area contributed by atoms with Gasteiger partial charge in [0.15, 0.2) is 12.1 Å². The molecule has 212 valence electrons. The van der Waals surface area contributed by atoms with Crippen LogP contribution in [-0.2, 0) is 33.3 Å². The van der Waals surface area contributed by atoms with Crippen molar-refractivity contribution in [3.8, 4) is 0 Å². The van der Waals surface area contributed by atoms with E-state index in [2.05, 4.69) is 0 Å². The predicted octanol–water partition coefficient (Wildman–Crippen LogP) is 0.340. The number of rotatable bonds is 12. The molecule has 11 nitrogen and oxygen atoms in total. The van der Waals surface area contributed by atoms with Crippen LogP contribution in [-0.4, -0.2) is 95.1 Å². The minimum atomic E-state index is -1.60. The predicted molar refractivity (Wildman–Crippen MR) is 132 cm³/mol. The van der Waals surface area contributed by atoms with Gasteiger partial charge in [-0.05, 0) is 50.7 Å². The fourth-order valence-electron chi connectivity index (χ4n) is 5.30. The molecule has 0 unspecified atom stereocenters. The fraction of sp³-hybridized carbons (Fsp3) is 0.667. The number of allylic oxidation sites excluding steroid dienone is 3. The maximum atomic E-state index is 12.7. The molecule has 10 atom stereocenters. The van der Waals surface area contributed by atoms with Crippen molar-refractivity contribution in [2.24, 2.45) is 17.8 Å². The number of hydrogen-bond acceptors (Lipinski definition) is 11. The van der Waals surface area contributed by atoms with Gasteiger partial charge in [0.05, 0.1) is 19.0 Å². The average Bonchev–Trinajstić information content (AvgIpc) is 3.24. The zero-order valence-corrected chi connectivity index (χ0v) is 21.8. The van der Waals surface area contributed by atoms with Crippen LogP contribution >= 0.6 is 0 Å². The number of aliphatic hydroxyl groups is 4. The summed E-state index contributed by atoms with van der Waals surface area (Å²) in [6.45, 7) is 4.73. The number of hydrogen-bond donors (Lipinski definition) is 4. The second kappa shape index (κ2) is 13.7. The molecular weight excluding hydrogens is 500 g/mol. The Bertz CT molecular complexity index is 939. The number of ketones is 1. The Balaban J connectivity index is 1.66. The van der Waals surface area contributed by atoms with Gasteiger partial charge in [-0.25, -0.2) is 0 Å². The summed E-state index contributed by atoms with van der Waals surface area (Å²) in [6.07, 6.45) is -0.919. The number of aldehydes is 2. The van der Waals surface area contributed by atoms with Gasteiger partial charge in [0.25, 0.3) is 0 Å². The van der Waals surface area contributed by atoms with E-state index in [0.29, 0.717) is 36.7 Å². The molecule has 1 saturated carbocycles. The van der Waals surface area contributed by atoms with Crippen molar-refractivity contribution in [1.82, 2.24) is 0 Å². The Kier molecular flexibility index (Phi) is 10.9. The third-order valence-electron chi connectivity index (χ3n) is 7.58. The van der Waals surface area contributed by atoms with Gasteiger partial charge < -0.3 is 39.4 Å². The molecule has 2 heterocycles. The van der Waals surface area contributed by atoms with Gasteiger partial charge in [-0.1, -0.05) is 18.6 Å². The van der Waals surface area contributed by atoms with Crippen LogP contribution in [0.25, 0.3) is 0 Å². The van der Waals surface area contributed by atoms with Crippen LogP contribution < -0.4 is 0 Å². The Morgan fingerprint density at radius 3 is 2.53 bits per heavy atom. The highest BCUT2D eigenvalue weighted by Crippen LogP contribution is 2.48. The number of Topliss-reactive ketones (excluding diaryl/α,β-unsaturated/α-hetero) is 1. The Morgan fingerprint density at radius 1 is 1.13 bits per heavy atom. The van der Waals surface area contributed by atoms with Crippen LogP contribution in [0.5, 0.6) is 0 Å². The van der Waals surface area contributed by atoms with E-state index in [1.165, 1.54) is 12.3 Å². The molecule has 0 aromatic carbocycles. The van der Waals surface area contributed by atoms with Crippen molar-refractivity contribution in [3.63, 3.8) is 0 Å². The molecule has 0 radical (unpaired) electrons. The van der Waals surface area contributed by atoms with E-state index in [0.717, 1.165) is 11.9 Å². The first-order valence-corrected chi connectivity index (χ1v) is 12.8. The molecule has 2 fully saturated rings. The van der Waals surface area contributed by atoms with Crippen molar-refractivity contribution in [3.05, 3.63) is 35.1 Å². The van der Waals surface area contributed by atoms with E-state index in [1.807, 2.05) is 19.9 Å². The Hall–Kier alpha value is -2.25. The first-order valence-electron chi connectivity index (χ1n) is 12.8. The lowest BCUT2D eigenvalue weighted by Gasteiger charge is -2.43. The van der Waals surface area contributed by atoms with Gasteiger partial charge in [-0.15, -0.1) is 0 Å². The number of carbonyl (C=O) groups excluding carboxylic acids is 3. The lowest BCUT2D eigenvalue weighted by atomic mass is 9.83. The van der Waals surface area contributed by atoms with Crippen LogP contribution in [0.2, 0.25) is 0 Å². The molecule has 0 spiro atoms. The molecule has 3 rings (SSSR count). The normalized spacial score (nSPS) is 37.7. The van der Waals surface area contributed by atoms with Crippen molar-refractivity contribution >= 4 is 18.4 Å². The van der Waals surface area contributed by atoms with E-state index < -0.39 is 61.5 Å². The average molecular weight is 539 g/mol. The van der Waals surface area contributed by atoms with Gasteiger partial charge in [0.2, 0.25) is 6.29 Å². The van der Waals surface area contributed by atoms with Crippen LogP contribution in [0.4, 0.5) is 0 Å². The molecule has 38 heavy (non-hydrogen) atoms. The summed E-state index contributed by atoms with van der Waals surface area (Å²) in [7, 11) is 0. The molecule has 3 aliphatic rings. The smallest absolute Gasteiger partial charge is 0.205 e. The van der Waals surface area contributed by atoms with Crippen molar-refractivity contribution in [2.45, 2.75) is 83.1 Å². The molecule has 0 aromatic heterocycles. The van der Waals surface area contributed by atoms with Crippen LogP contribution in [0.15, 0.2) is 35.1 Å². The summed E-state index contributed by atoms with van der Waals surface area (Å²) in [4.78, 5) is 35.0. The zero-order chi connectivity index (χ0) is 28.0. The van der Waals surface area contributed by atoms with Gasteiger partial charge in [0, 0.05) is 17.4 Å². The van der Waals surface area contributed by atoms with Crippen molar-refractivity contribution < 1.29 is 53.8 Å². The molecule has 4 N–H and O–H groups in total. The lowest BCUT2D eigenvalue weighted by molar-refractivity contribution is -0.342. The van der Waals surface area contributed by atoms with Gasteiger partial charge in [0.1, 0.15) is 43.6 Å². The molecular formula is C27H38O11. The summed E-state index contributed by atoms with van der Waals surface area (Å²) in [5.41, 5.74) is 1.83. The van der Waals surface area contributed by atoms with Crippen molar-refractivity contribution in [2.75, 3.05) is 13.2 Å². The number of carbonyl (C=O) groups is 3. The summed E-state index contributed by atoms with van der Waals surface area (Å²) in [5.74, 6) is -1.09. The molecule has 0 bridgehead atoms.